The molecule has 0 spiro atoms. The summed E-state index contributed by atoms with van der Waals surface area (Å²) in [5, 5.41) is 7.81. The second-order valence-corrected chi connectivity index (χ2v) is 9.40. The van der Waals surface area contributed by atoms with Gasteiger partial charge in [-0.3, -0.25) is 4.90 Å². The van der Waals surface area contributed by atoms with Gasteiger partial charge in [-0.05, 0) is 99.7 Å². The lowest BCUT2D eigenvalue weighted by Gasteiger charge is -2.51. The van der Waals surface area contributed by atoms with Gasteiger partial charge in [0.2, 0.25) is 0 Å². The lowest BCUT2D eigenvalue weighted by atomic mass is 9.57. The molecule has 3 saturated carbocycles. The van der Waals surface area contributed by atoms with Crippen molar-refractivity contribution in [3.05, 3.63) is 29.8 Å². The molecule has 4 heteroatoms. The molecule has 2 aliphatic heterocycles. The van der Waals surface area contributed by atoms with E-state index in [0.29, 0.717) is 0 Å². The summed E-state index contributed by atoms with van der Waals surface area (Å²) in [6.07, 6.45) is 7.00. The van der Waals surface area contributed by atoms with Crippen LogP contribution in [0.15, 0.2) is 24.3 Å². The van der Waals surface area contributed by atoms with Gasteiger partial charge in [-0.15, -0.1) is 0 Å². The summed E-state index contributed by atoms with van der Waals surface area (Å²) in [4.78, 5) is 2.61. The van der Waals surface area contributed by atoms with E-state index in [9.17, 15) is 0 Å². The minimum Gasteiger partial charge on any atom is -0.497 e. The maximum atomic E-state index is 5.37. The lowest BCUT2D eigenvalue weighted by Crippen LogP contribution is -2.56. The highest BCUT2D eigenvalue weighted by molar-refractivity contribution is 5.28. The van der Waals surface area contributed by atoms with E-state index in [1.807, 2.05) is 6.07 Å². The number of fused-ring (bicyclic) bond motifs is 2. The summed E-state index contributed by atoms with van der Waals surface area (Å²) in [6, 6.07) is 10.0. The Morgan fingerprint density at radius 1 is 1.07 bits per heavy atom. The average Bonchev–Trinajstić information content (AvgIpc) is 3.22. The Balaban J connectivity index is 1.13. The van der Waals surface area contributed by atoms with Crippen LogP contribution in [0.4, 0.5) is 0 Å². The van der Waals surface area contributed by atoms with Crippen LogP contribution in [0.2, 0.25) is 0 Å². The molecular formula is C23H35N3O. The fourth-order valence-electron chi connectivity index (χ4n) is 6.61. The zero-order chi connectivity index (χ0) is 18.2. The molecule has 27 heavy (non-hydrogen) atoms. The summed E-state index contributed by atoms with van der Waals surface area (Å²) >= 11 is 0. The molecule has 2 N–H and O–H groups in total. The normalized spacial score (nSPS) is 36.7. The maximum absolute atomic E-state index is 5.37. The van der Waals surface area contributed by atoms with Crippen LogP contribution in [0.5, 0.6) is 5.75 Å². The van der Waals surface area contributed by atoms with Crippen molar-refractivity contribution in [3.8, 4) is 5.75 Å². The molecule has 148 valence electrons. The number of nitrogens with zero attached hydrogens (tertiary/aromatic N) is 1. The first-order valence-corrected chi connectivity index (χ1v) is 11.1. The summed E-state index contributed by atoms with van der Waals surface area (Å²) in [7, 11) is 1.75. The smallest absolute Gasteiger partial charge is 0.119 e. The average molecular weight is 370 g/mol. The summed E-state index contributed by atoms with van der Waals surface area (Å²) in [5.74, 6) is 4.84. The van der Waals surface area contributed by atoms with Crippen LogP contribution in [0.1, 0.15) is 37.7 Å². The van der Waals surface area contributed by atoms with E-state index in [2.05, 4.69) is 33.7 Å². The molecule has 1 aromatic carbocycles. The van der Waals surface area contributed by atoms with Crippen LogP contribution >= 0.6 is 0 Å². The lowest BCUT2D eigenvalue weighted by molar-refractivity contribution is 0.0159. The highest BCUT2D eigenvalue weighted by Gasteiger charge is 2.50. The number of piperidine rings is 1. The van der Waals surface area contributed by atoms with Crippen molar-refractivity contribution in [1.82, 2.24) is 15.5 Å². The first-order chi connectivity index (χ1) is 13.3. The van der Waals surface area contributed by atoms with Crippen LogP contribution in [0.3, 0.4) is 0 Å². The highest BCUT2D eigenvalue weighted by Crippen LogP contribution is 2.50. The van der Waals surface area contributed by atoms with Crippen LogP contribution in [0, 0.1) is 23.7 Å². The standard InChI is InChI=1S/C23H35N3O/c1-27-19-4-2-3-16(11-19)15-26-9-7-18(8-10-26)25-23-12-17-5-6-20(23)22-14-24-13-21(17)22/h2-4,11,17-18,20-25H,5-10,12-15H2,1H3/t17-,20-,21+,22-,23-/m1/s1. The topological polar surface area (TPSA) is 36.5 Å². The Morgan fingerprint density at radius 2 is 1.93 bits per heavy atom. The Bertz CT molecular complexity index is 642. The molecule has 2 heterocycles. The molecule has 3 aliphatic carbocycles. The predicted molar refractivity (Wildman–Crippen MR) is 109 cm³/mol. The number of ether oxygens (including phenoxy) is 1. The van der Waals surface area contributed by atoms with Crippen molar-refractivity contribution >= 4 is 0 Å². The van der Waals surface area contributed by atoms with E-state index >= 15 is 0 Å². The molecule has 0 radical (unpaired) electrons. The third-order valence-electron chi connectivity index (χ3n) is 7.99. The Hall–Kier alpha value is -1.10. The Morgan fingerprint density at radius 3 is 2.78 bits per heavy atom. The second-order valence-electron chi connectivity index (χ2n) is 9.40. The van der Waals surface area contributed by atoms with Gasteiger partial charge < -0.3 is 15.4 Å². The molecule has 5 aliphatic rings. The van der Waals surface area contributed by atoms with E-state index in [-0.39, 0.29) is 0 Å². The summed E-state index contributed by atoms with van der Waals surface area (Å²) < 4.78 is 5.37. The van der Waals surface area contributed by atoms with E-state index in [1.165, 1.54) is 63.8 Å². The molecule has 5 atom stereocenters. The van der Waals surface area contributed by atoms with Crippen LogP contribution in [-0.2, 0) is 6.54 Å². The maximum Gasteiger partial charge on any atom is 0.119 e. The van der Waals surface area contributed by atoms with Crippen LogP contribution < -0.4 is 15.4 Å². The van der Waals surface area contributed by atoms with Gasteiger partial charge >= 0.3 is 0 Å². The van der Waals surface area contributed by atoms with Crippen molar-refractivity contribution in [2.45, 2.75) is 50.7 Å². The van der Waals surface area contributed by atoms with Gasteiger partial charge in [-0.1, -0.05) is 12.1 Å². The van der Waals surface area contributed by atoms with Gasteiger partial charge in [0.15, 0.2) is 0 Å². The third kappa shape index (κ3) is 3.64. The van der Waals surface area contributed by atoms with E-state index in [1.54, 1.807) is 7.11 Å². The van der Waals surface area contributed by atoms with Gasteiger partial charge in [-0.2, -0.15) is 0 Å². The number of hydrogen-bond acceptors (Lipinski definition) is 4. The molecule has 0 aromatic heterocycles. The first kappa shape index (κ1) is 18.0. The fourth-order valence-corrected chi connectivity index (χ4v) is 6.61. The minimum atomic E-state index is 0.726. The van der Waals surface area contributed by atoms with E-state index in [0.717, 1.165) is 48.0 Å². The number of benzene rings is 1. The quantitative estimate of drug-likeness (QED) is 0.837. The van der Waals surface area contributed by atoms with Crippen molar-refractivity contribution in [3.63, 3.8) is 0 Å². The molecule has 4 nitrogen and oxygen atoms in total. The van der Waals surface area contributed by atoms with Crippen LogP contribution in [-0.4, -0.2) is 50.3 Å². The van der Waals surface area contributed by atoms with Gasteiger partial charge in [0, 0.05) is 18.6 Å². The summed E-state index contributed by atoms with van der Waals surface area (Å²) in [5.41, 5.74) is 1.37. The van der Waals surface area contributed by atoms with Crippen LogP contribution in [0.25, 0.3) is 0 Å². The van der Waals surface area contributed by atoms with Gasteiger partial charge in [0.1, 0.15) is 5.75 Å². The number of methoxy groups -OCH3 is 1. The largest absolute Gasteiger partial charge is 0.497 e. The number of nitrogens with one attached hydrogen (secondary N) is 2. The Labute approximate surface area is 164 Å². The van der Waals surface area contributed by atoms with Crippen molar-refractivity contribution in [2.24, 2.45) is 23.7 Å². The zero-order valence-electron chi connectivity index (χ0n) is 16.7. The monoisotopic (exact) mass is 369 g/mol. The molecule has 0 unspecified atom stereocenters. The van der Waals surface area contributed by atoms with Gasteiger partial charge in [-0.25, -0.2) is 0 Å². The summed E-state index contributed by atoms with van der Waals surface area (Å²) in [6.45, 7) is 6.05. The van der Waals surface area contributed by atoms with Crippen molar-refractivity contribution in [2.75, 3.05) is 33.3 Å². The number of rotatable bonds is 5. The molecule has 1 aromatic rings. The zero-order valence-corrected chi connectivity index (χ0v) is 16.7. The SMILES string of the molecule is COc1cccc(CN2CCC(N[C@@H]3C[C@H]4CC[C@@H]3[C@H]3CNC[C@@H]43)CC2)c1. The van der Waals surface area contributed by atoms with Crippen molar-refractivity contribution < 1.29 is 4.74 Å². The fraction of sp³-hybridized carbons (Fsp3) is 0.739. The minimum absolute atomic E-state index is 0.726. The predicted octanol–water partition coefficient (Wildman–Crippen LogP) is 2.88. The first-order valence-electron chi connectivity index (χ1n) is 11.1. The molecular weight excluding hydrogens is 334 g/mol. The molecule has 2 saturated heterocycles. The number of hydrogen-bond donors (Lipinski definition) is 2. The third-order valence-corrected chi connectivity index (χ3v) is 7.99. The Kier molecular flexibility index (Phi) is 5.14. The molecule has 2 bridgehead atoms. The molecule has 5 fully saturated rings. The van der Waals surface area contributed by atoms with Crippen molar-refractivity contribution in [1.29, 1.82) is 0 Å². The molecule has 0 amide bonds. The van der Waals surface area contributed by atoms with Gasteiger partial charge in [0.05, 0.1) is 7.11 Å². The highest BCUT2D eigenvalue weighted by atomic mass is 16.5. The van der Waals surface area contributed by atoms with E-state index in [4.69, 9.17) is 4.74 Å². The van der Waals surface area contributed by atoms with E-state index < -0.39 is 0 Å². The second kappa shape index (κ2) is 7.73. The number of likely N-dealkylation sites (tertiary alicyclic amines) is 1. The van der Waals surface area contributed by atoms with Gasteiger partial charge in [0.25, 0.3) is 0 Å². The molecule has 6 rings (SSSR count).